The van der Waals surface area contributed by atoms with Gasteiger partial charge in [0.15, 0.2) is 5.60 Å². The molecule has 9 nitrogen and oxygen atoms in total. The van der Waals surface area contributed by atoms with Crippen molar-refractivity contribution in [2.75, 3.05) is 13.2 Å². The summed E-state index contributed by atoms with van der Waals surface area (Å²) in [5, 5.41) is 4.20. The smallest absolute Gasteiger partial charge is 0.349 e. The van der Waals surface area contributed by atoms with E-state index in [1.54, 1.807) is 20.8 Å². The highest BCUT2D eigenvalue weighted by molar-refractivity contribution is 6.05. The molecule has 0 saturated carbocycles. The van der Waals surface area contributed by atoms with E-state index in [4.69, 9.17) is 18.9 Å². The van der Waals surface area contributed by atoms with Crippen LogP contribution in [0.15, 0.2) is 52.0 Å². The fourth-order valence-corrected chi connectivity index (χ4v) is 4.57. The van der Waals surface area contributed by atoms with Crippen LogP contribution in [0.3, 0.4) is 0 Å². The lowest BCUT2D eigenvalue weighted by molar-refractivity contribution is -0.158. The molecule has 1 amide bonds. The van der Waals surface area contributed by atoms with E-state index in [0.29, 0.717) is 37.9 Å². The molecule has 0 saturated heterocycles. The second-order valence-corrected chi connectivity index (χ2v) is 10.3. The van der Waals surface area contributed by atoms with Crippen LogP contribution in [0, 0.1) is 20.8 Å². The van der Waals surface area contributed by atoms with Crippen molar-refractivity contribution in [3.05, 3.63) is 70.6 Å². The fraction of sp³-hybridized carbons (Fsp3) is 0.400. The zero-order chi connectivity index (χ0) is 28.2. The number of hydrogen-bond acceptors (Lipinski definition) is 8. The topological polar surface area (TPSA) is 106 Å². The van der Waals surface area contributed by atoms with Crippen LogP contribution in [-0.2, 0) is 27.4 Å². The number of aryl methyl sites for hydroxylation is 3. The van der Waals surface area contributed by atoms with Crippen LogP contribution in [0.2, 0.25) is 0 Å². The van der Waals surface area contributed by atoms with Crippen molar-refractivity contribution < 1.29 is 23.5 Å². The standard InChI is InChI=1S/C30H36N4O5/c1-7-37-29(36)30(5,6)39-27-19(2)13-22(14-20(27)3)16-34(17-24-15-26(35)33-32-24)18-25-21(4)38-28(31-25)23-11-9-8-10-12-23/h8-14H,7,15-18H2,1-6H3,(H,33,35). The minimum Gasteiger partial charge on any atom is -0.476 e. The molecule has 1 aromatic heterocycles. The van der Waals surface area contributed by atoms with Gasteiger partial charge < -0.3 is 13.9 Å². The molecular weight excluding hydrogens is 496 g/mol. The van der Waals surface area contributed by atoms with Crippen LogP contribution in [0.4, 0.5) is 0 Å². The van der Waals surface area contributed by atoms with Crippen molar-refractivity contribution in [3.8, 4) is 17.2 Å². The van der Waals surface area contributed by atoms with Crippen molar-refractivity contribution in [3.63, 3.8) is 0 Å². The van der Waals surface area contributed by atoms with Gasteiger partial charge in [0.25, 0.3) is 0 Å². The van der Waals surface area contributed by atoms with Crippen LogP contribution < -0.4 is 10.2 Å². The van der Waals surface area contributed by atoms with Gasteiger partial charge in [-0.25, -0.2) is 15.2 Å². The Bertz CT molecular complexity index is 1350. The molecule has 1 aliphatic heterocycles. The summed E-state index contributed by atoms with van der Waals surface area (Å²) >= 11 is 0. The van der Waals surface area contributed by atoms with Gasteiger partial charge in [-0.05, 0) is 70.4 Å². The third-order valence-corrected chi connectivity index (χ3v) is 6.45. The molecule has 1 aliphatic rings. The molecule has 0 bridgehead atoms. The SMILES string of the molecule is CCOC(=O)C(C)(C)Oc1c(C)cc(CN(CC2=NNC(=O)C2)Cc2nc(-c3ccccc3)oc2C)cc1C. The molecule has 2 aromatic carbocycles. The van der Waals surface area contributed by atoms with Gasteiger partial charge in [0.2, 0.25) is 11.8 Å². The molecule has 0 spiro atoms. The van der Waals surface area contributed by atoms with E-state index in [-0.39, 0.29) is 12.3 Å². The first-order chi connectivity index (χ1) is 18.6. The second kappa shape index (κ2) is 11.8. The van der Waals surface area contributed by atoms with Crippen molar-refractivity contribution in [1.29, 1.82) is 0 Å². The van der Waals surface area contributed by atoms with Gasteiger partial charge in [-0.15, -0.1) is 0 Å². The number of benzene rings is 2. The number of aromatic nitrogens is 1. The van der Waals surface area contributed by atoms with Crippen molar-refractivity contribution in [2.24, 2.45) is 5.10 Å². The van der Waals surface area contributed by atoms with Crippen LogP contribution in [-0.4, -0.2) is 46.2 Å². The first kappa shape index (κ1) is 28.0. The Morgan fingerprint density at radius 2 is 1.77 bits per heavy atom. The number of carbonyl (C=O) groups is 2. The monoisotopic (exact) mass is 532 g/mol. The predicted octanol–water partition coefficient (Wildman–Crippen LogP) is 4.87. The summed E-state index contributed by atoms with van der Waals surface area (Å²) in [4.78, 5) is 31.1. The molecule has 4 rings (SSSR count). The Hall–Kier alpha value is -3.98. The lowest BCUT2D eigenvalue weighted by Crippen LogP contribution is -2.40. The summed E-state index contributed by atoms with van der Waals surface area (Å²) in [5.74, 6) is 1.48. The average Bonchev–Trinajstić information content (AvgIpc) is 3.46. The molecule has 2 heterocycles. The van der Waals surface area contributed by atoms with Gasteiger partial charge in [0.1, 0.15) is 11.5 Å². The van der Waals surface area contributed by atoms with Crippen molar-refractivity contribution >= 4 is 17.6 Å². The minimum absolute atomic E-state index is 0.105. The maximum atomic E-state index is 12.4. The first-order valence-electron chi connectivity index (χ1n) is 13.1. The second-order valence-electron chi connectivity index (χ2n) is 10.3. The van der Waals surface area contributed by atoms with Crippen molar-refractivity contribution in [1.82, 2.24) is 15.3 Å². The van der Waals surface area contributed by atoms with Crippen molar-refractivity contribution in [2.45, 2.75) is 66.7 Å². The summed E-state index contributed by atoms with van der Waals surface area (Å²) in [5.41, 5.74) is 6.85. The van der Waals surface area contributed by atoms with Gasteiger partial charge >= 0.3 is 5.97 Å². The third kappa shape index (κ3) is 6.92. The number of rotatable bonds is 11. The average molecular weight is 533 g/mol. The summed E-state index contributed by atoms with van der Waals surface area (Å²) in [6.45, 7) is 12.9. The van der Waals surface area contributed by atoms with E-state index in [9.17, 15) is 9.59 Å². The highest BCUT2D eigenvalue weighted by Gasteiger charge is 2.32. The molecule has 0 radical (unpaired) electrons. The molecule has 9 heteroatoms. The minimum atomic E-state index is -1.11. The Morgan fingerprint density at radius 3 is 2.38 bits per heavy atom. The van der Waals surface area contributed by atoms with Gasteiger partial charge in [-0.3, -0.25) is 9.69 Å². The van der Waals surface area contributed by atoms with Gasteiger partial charge in [-0.2, -0.15) is 5.10 Å². The highest BCUT2D eigenvalue weighted by Crippen LogP contribution is 2.30. The summed E-state index contributed by atoms with van der Waals surface area (Å²) in [6.07, 6.45) is 0.275. The summed E-state index contributed by atoms with van der Waals surface area (Å²) in [6, 6.07) is 13.9. The van der Waals surface area contributed by atoms with E-state index in [1.807, 2.05) is 51.1 Å². The molecule has 0 atom stereocenters. The lowest BCUT2D eigenvalue weighted by Gasteiger charge is -2.27. The number of nitrogens with one attached hydrogen (secondary N) is 1. The van der Waals surface area contributed by atoms with Crippen LogP contribution in [0.1, 0.15) is 55.3 Å². The quantitative estimate of drug-likeness (QED) is 0.351. The number of hydrogen-bond donors (Lipinski definition) is 1. The number of carbonyl (C=O) groups excluding carboxylic acids is 2. The van der Waals surface area contributed by atoms with E-state index in [0.717, 1.165) is 39.4 Å². The van der Waals surface area contributed by atoms with Gasteiger partial charge in [0, 0.05) is 25.2 Å². The van der Waals surface area contributed by atoms with E-state index in [1.165, 1.54) is 0 Å². The van der Waals surface area contributed by atoms with Gasteiger partial charge in [0.05, 0.1) is 24.4 Å². The zero-order valence-electron chi connectivity index (χ0n) is 23.5. The maximum absolute atomic E-state index is 12.4. The number of esters is 1. The normalized spacial score (nSPS) is 13.4. The number of amides is 1. The summed E-state index contributed by atoms with van der Waals surface area (Å²) < 4.78 is 17.3. The van der Waals surface area contributed by atoms with Gasteiger partial charge in [-0.1, -0.05) is 30.3 Å². The fourth-order valence-electron chi connectivity index (χ4n) is 4.57. The van der Waals surface area contributed by atoms with E-state index < -0.39 is 11.6 Å². The van der Waals surface area contributed by atoms with E-state index in [2.05, 4.69) is 27.6 Å². The molecule has 3 aromatic rings. The van der Waals surface area contributed by atoms with Crippen LogP contribution in [0.5, 0.6) is 5.75 Å². The Kier molecular flexibility index (Phi) is 8.50. The first-order valence-corrected chi connectivity index (χ1v) is 13.1. The molecular formula is C30H36N4O5. The maximum Gasteiger partial charge on any atom is 0.349 e. The molecule has 0 aliphatic carbocycles. The molecule has 39 heavy (non-hydrogen) atoms. The molecule has 0 fully saturated rings. The zero-order valence-corrected chi connectivity index (χ0v) is 23.5. The Morgan fingerprint density at radius 1 is 1.08 bits per heavy atom. The number of oxazole rings is 1. The Balaban J connectivity index is 1.57. The van der Waals surface area contributed by atoms with Crippen LogP contribution in [0.25, 0.3) is 11.5 Å². The van der Waals surface area contributed by atoms with Crippen LogP contribution >= 0.6 is 0 Å². The number of ether oxygens (including phenoxy) is 2. The summed E-state index contributed by atoms with van der Waals surface area (Å²) in [7, 11) is 0. The largest absolute Gasteiger partial charge is 0.476 e. The van der Waals surface area contributed by atoms with E-state index >= 15 is 0 Å². The lowest BCUT2D eigenvalue weighted by atomic mass is 10.0. The molecule has 1 N–H and O–H groups in total. The Labute approximate surface area is 229 Å². The number of nitrogens with zero attached hydrogens (tertiary/aromatic N) is 3. The highest BCUT2D eigenvalue weighted by atomic mass is 16.6. The third-order valence-electron chi connectivity index (χ3n) is 6.45. The number of hydrazone groups is 1. The molecule has 0 unspecified atom stereocenters. The predicted molar refractivity (Wildman–Crippen MR) is 148 cm³/mol. The molecule has 206 valence electrons.